The van der Waals surface area contributed by atoms with Crippen molar-refractivity contribution >= 4 is 0 Å². The number of hydrogen-bond donors (Lipinski definition) is 1. The normalized spacial score (nSPS) is 11.8. The minimum Gasteiger partial charge on any atom is -0.412 e. The fourth-order valence-corrected chi connectivity index (χ4v) is 0.757. The van der Waals surface area contributed by atoms with Crippen molar-refractivity contribution < 1.29 is 5.48 Å². The zero-order valence-electron chi connectivity index (χ0n) is 6.04. The highest BCUT2D eigenvalue weighted by atomic mass is 16.0. The predicted molar refractivity (Wildman–Crippen MR) is 42.7 cm³/mol. The monoisotopic (exact) mass is 139 g/mol. The predicted octanol–water partition coefficient (Wildman–Crippen LogP) is 0.882. The minimum atomic E-state index is 0. The van der Waals surface area contributed by atoms with Gasteiger partial charge in [0.2, 0.25) is 0 Å². The largest absolute Gasteiger partial charge is 0.412 e. The fourth-order valence-electron chi connectivity index (χ4n) is 0.757. The van der Waals surface area contributed by atoms with Crippen LogP contribution in [0.1, 0.15) is 18.5 Å². The van der Waals surface area contributed by atoms with Crippen molar-refractivity contribution in [3.8, 4) is 0 Å². The SMILES string of the molecule is CC(N)c1ccccc1.O. The lowest BCUT2D eigenvalue weighted by Gasteiger charge is -2.02. The van der Waals surface area contributed by atoms with Gasteiger partial charge in [0.15, 0.2) is 0 Å². The lowest BCUT2D eigenvalue weighted by Crippen LogP contribution is -2.03. The molecule has 0 aliphatic rings. The van der Waals surface area contributed by atoms with E-state index in [1.807, 2.05) is 37.3 Å². The summed E-state index contributed by atoms with van der Waals surface area (Å²) >= 11 is 0. The molecule has 1 aromatic carbocycles. The van der Waals surface area contributed by atoms with Gasteiger partial charge in [0.05, 0.1) is 0 Å². The average Bonchev–Trinajstić information content (AvgIpc) is 1.90. The van der Waals surface area contributed by atoms with Crippen LogP contribution in [0, 0.1) is 0 Å². The van der Waals surface area contributed by atoms with Gasteiger partial charge in [-0.15, -0.1) is 0 Å². The fraction of sp³-hybridized carbons (Fsp3) is 0.250. The average molecular weight is 139 g/mol. The molecule has 0 aliphatic heterocycles. The molecular weight excluding hydrogens is 126 g/mol. The maximum absolute atomic E-state index is 5.61. The van der Waals surface area contributed by atoms with Gasteiger partial charge in [0, 0.05) is 6.04 Å². The molecule has 2 heteroatoms. The first kappa shape index (κ1) is 9.14. The van der Waals surface area contributed by atoms with E-state index in [0.717, 1.165) is 0 Å². The van der Waals surface area contributed by atoms with Crippen LogP contribution < -0.4 is 5.73 Å². The smallest absolute Gasteiger partial charge is 0.0266 e. The summed E-state index contributed by atoms with van der Waals surface area (Å²) in [5.74, 6) is 0. The molecule has 0 fully saturated rings. The van der Waals surface area contributed by atoms with E-state index in [1.165, 1.54) is 5.56 Å². The second kappa shape index (κ2) is 4.04. The molecule has 0 saturated heterocycles. The third-order valence-electron chi connectivity index (χ3n) is 1.33. The van der Waals surface area contributed by atoms with Gasteiger partial charge < -0.3 is 11.2 Å². The van der Waals surface area contributed by atoms with Gasteiger partial charge in [-0.25, -0.2) is 0 Å². The van der Waals surface area contributed by atoms with Crippen molar-refractivity contribution in [2.45, 2.75) is 13.0 Å². The van der Waals surface area contributed by atoms with Gasteiger partial charge in [-0.3, -0.25) is 0 Å². The highest BCUT2D eigenvalue weighted by Gasteiger charge is 1.93. The molecule has 1 rings (SSSR count). The topological polar surface area (TPSA) is 57.5 Å². The molecule has 4 N–H and O–H groups in total. The summed E-state index contributed by atoms with van der Waals surface area (Å²) in [6.45, 7) is 1.98. The maximum Gasteiger partial charge on any atom is 0.0266 e. The van der Waals surface area contributed by atoms with Gasteiger partial charge in [-0.2, -0.15) is 0 Å². The number of nitrogens with two attached hydrogens (primary N) is 1. The molecule has 0 saturated carbocycles. The first-order chi connectivity index (χ1) is 4.30. The molecule has 0 aliphatic carbocycles. The molecule has 1 aromatic rings. The van der Waals surface area contributed by atoms with Crippen LogP contribution in [0.5, 0.6) is 0 Å². The van der Waals surface area contributed by atoms with Gasteiger partial charge in [0.25, 0.3) is 0 Å². The van der Waals surface area contributed by atoms with E-state index < -0.39 is 0 Å². The van der Waals surface area contributed by atoms with Crippen molar-refractivity contribution in [2.24, 2.45) is 5.73 Å². The molecule has 0 amide bonds. The Kier molecular flexibility index (Phi) is 3.69. The molecule has 0 heterocycles. The first-order valence-electron chi connectivity index (χ1n) is 3.11. The van der Waals surface area contributed by atoms with Crippen LogP contribution in [0.4, 0.5) is 0 Å². The lowest BCUT2D eigenvalue weighted by molar-refractivity contribution is 0.818. The Balaban J connectivity index is 0.000000810. The van der Waals surface area contributed by atoms with Crippen molar-refractivity contribution in [3.63, 3.8) is 0 Å². The Hall–Kier alpha value is -0.860. The third kappa shape index (κ3) is 2.17. The van der Waals surface area contributed by atoms with Gasteiger partial charge >= 0.3 is 0 Å². The molecule has 0 bridgehead atoms. The summed E-state index contributed by atoms with van der Waals surface area (Å²) in [4.78, 5) is 0. The molecule has 2 nitrogen and oxygen atoms in total. The van der Waals surface area contributed by atoms with E-state index in [-0.39, 0.29) is 11.5 Å². The second-order valence-corrected chi connectivity index (χ2v) is 2.20. The highest BCUT2D eigenvalue weighted by molar-refractivity contribution is 5.17. The van der Waals surface area contributed by atoms with E-state index in [4.69, 9.17) is 5.73 Å². The Morgan fingerprint density at radius 2 is 1.70 bits per heavy atom. The van der Waals surface area contributed by atoms with Crippen LogP contribution in [0.25, 0.3) is 0 Å². The van der Waals surface area contributed by atoms with Crippen LogP contribution in [0.2, 0.25) is 0 Å². The zero-order valence-corrected chi connectivity index (χ0v) is 6.04. The van der Waals surface area contributed by atoms with Gasteiger partial charge in [0.1, 0.15) is 0 Å². The molecular formula is C8H13NO. The van der Waals surface area contributed by atoms with Crippen LogP contribution in [0.15, 0.2) is 30.3 Å². The summed E-state index contributed by atoms with van der Waals surface area (Å²) in [6, 6.07) is 10.2. The quantitative estimate of drug-likeness (QED) is 0.617. The van der Waals surface area contributed by atoms with E-state index >= 15 is 0 Å². The zero-order chi connectivity index (χ0) is 6.69. The number of hydrogen-bond acceptors (Lipinski definition) is 1. The molecule has 0 radical (unpaired) electrons. The number of rotatable bonds is 1. The molecule has 56 valence electrons. The van der Waals surface area contributed by atoms with Crippen molar-refractivity contribution in [1.82, 2.24) is 0 Å². The summed E-state index contributed by atoms with van der Waals surface area (Å²) in [5, 5.41) is 0. The summed E-state index contributed by atoms with van der Waals surface area (Å²) in [7, 11) is 0. The van der Waals surface area contributed by atoms with E-state index in [0.29, 0.717) is 0 Å². The third-order valence-corrected chi connectivity index (χ3v) is 1.33. The highest BCUT2D eigenvalue weighted by Crippen LogP contribution is 2.06. The standard InChI is InChI=1S/C8H11N.H2O/c1-7(9)8-5-3-2-4-6-8;/h2-7H,9H2,1H3;1H2. The molecule has 1 unspecified atom stereocenters. The Morgan fingerprint density at radius 1 is 1.20 bits per heavy atom. The Morgan fingerprint density at radius 3 is 2.00 bits per heavy atom. The molecule has 0 aromatic heterocycles. The van der Waals surface area contributed by atoms with Gasteiger partial charge in [-0.1, -0.05) is 30.3 Å². The minimum absolute atomic E-state index is 0. The van der Waals surface area contributed by atoms with Crippen molar-refractivity contribution in [3.05, 3.63) is 35.9 Å². The van der Waals surface area contributed by atoms with Crippen molar-refractivity contribution in [1.29, 1.82) is 0 Å². The van der Waals surface area contributed by atoms with E-state index in [2.05, 4.69) is 0 Å². The van der Waals surface area contributed by atoms with Crippen molar-refractivity contribution in [2.75, 3.05) is 0 Å². The molecule has 10 heavy (non-hydrogen) atoms. The lowest BCUT2D eigenvalue weighted by atomic mass is 10.1. The van der Waals surface area contributed by atoms with Crippen LogP contribution in [-0.4, -0.2) is 5.48 Å². The number of benzene rings is 1. The van der Waals surface area contributed by atoms with E-state index in [9.17, 15) is 0 Å². The summed E-state index contributed by atoms with van der Waals surface area (Å²) < 4.78 is 0. The van der Waals surface area contributed by atoms with Gasteiger partial charge in [-0.05, 0) is 12.5 Å². The second-order valence-electron chi connectivity index (χ2n) is 2.20. The maximum atomic E-state index is 5.61. The molecule has 0 spiro atoms. The summed E-state index contributed by atoms with van der Waals surface area (Å²) in [5.41, 5.74) is 6.81. The first-order valence-corrected chi connectivity index (χ1v) is 3.11. The van der Waals surface area contributed by atoms with E-state index in [1.54, 1.807) is 0 Å². The molecule has 1 atom stereocenters. The Labute approximate surface area is 61.0 Å². The Bertz CT molecular complexity index is 172. The van der Waals surface area contributed by atoms with Crippen LogP contribution in [0.3, 0.4) is 0 Å². The summed E-state index contributed by atoms with van der Waals surface area (Å²) in [6.07, 6.45) is 0. The van der Waals surface area contributed by atoms with Crippen LogP contribution in [-0.2, 0) is 0 Å². The van der Waals surface area contributed by atoms with Crippen LogP contribution >= 0.6 is 0 Å².